The zero-order valence-corrected chi connectivity index (χ0v) is 20.8. The van der Waals surface area contributed by atoms with Gasteiger partial charge in [-0.15, -0.1) is 0 Å². The first kappa shape index (κ1) is 23.6. The number of hydrogen-bond acceptors (Lipinski definition) is 9. The van der Waals surface area contributed by atoms with Crippen molar-refractivity contribution in [2.75, 3.05) is 41.7 Å². The Morgan fingerprint density at radius 1 is 1.29 bits per heavy atom. The van der Waals surface area contributed by atoms with Crippen LogP contribution in [-0.4, -0.2) is 68.2 Å². The second-order valence-corrected chi connectivity index (χ2v) is 11.7. The molecule has 4 heterocycles. The Hall–Kier alpha value is -3.13. The van der Waals surface area contributed by atoms with E-state index >= 15 is 0 Å². The molecule has 0 radical (unpaired) electrons. The fourth-order valence-corrected chi connectivity index (χ4v) is 7.43. The molecule has 3 aliphatic heterocycles. The van der Waals surface area contributed by atoms with E-state index in [-0.39, 0.29) is 22.6 Å². The molecule has 5 rings (SSSR count). The van der Waals surface area contributed by atoms with Gasteiger partial charge in [-0.05, 0) is 38.7 Å². The lowest BCUT2D eigenvalue weighted by Gasteiger charge is -2.44. The average Bonchev–Trinajstić information content (AvgIpc) is 3.43. The maximum Gasteiger partial charge on any atom is 0.238 e. The summed E-state index contributed by atoms with van der Waals surface area (Å²) in [7, 11) is -1.05. The number of nitrogens with two attached hydrogens (primary N) is 2. The van der Waals surface area contributed by atoms with Crippen LogP contribution in [-0.2, 0) is 21.0 Å². The van der Waals surface area contributed by atoms with E-state index in [0.717, 1.165) is 49.3 Å². The van der Waals surface area contributed by atoms with E-state index in [1.807, 2.05) is 15.9 Å². The van der Waals surface area contributed by atoms with Crippen molar-refractivity contribution >= 4 is 28.3 Å². The van der Waals surface area contributed by atoms with Crippen molar-refractivity contribution in [1.29, 1.82) is 5.26 Å². The van der Waals surface area contributed by atoms with Crippen molar-refractivity contribution in [2.45, 2.75) is 55.7 Å². The first-order valence-electron chi connectivity index (χ1n) is 12.2. The normalized spacial score (nSPS) is 28.1. The van der Waals surface area contributed by atoms with Crippen LogP contribution >= 0.6 is 0 Å². The van der Waals surface area contributed by atoms with Crippen LogP contribution in [0.5, 0.6) is 0 Å². The minimum Gasteiger partial charge on any atom is -0.404 e. The second kappa shape index (κ2) is 9.15. The molecule has 1 spiro atoms. The smallest absolute Gasteiger partial charge is 0.238 e. The van der Waals surface area contributed by atoms with E-state index in [1.54, 1.807) is 12.4 Å². The first-order valence-corrected chi connectivity index (χ1v) is 13.6. The Morgan fingerprint density at radius 3 is 2.66 bits per heavy atom. The van der Waals surface area contributed by atoms with Crippen molar-refractivity contribution in [2.24, 2.45) is 11.5 Å². The van der Waals surface area contributed by atoms with E-state index in [2.05, 4.69) is 16.8 Å². The summed E-state index contributed by atoms with van der Waals surface area (Å²) in [6, 6.07) is 2.04. The molecule has 35 heavy (non-hydrogen) atoms. The summed E-state index contributed by atoms with van der Waals surface area (Å²) in [4.78, 5) is 28.6. The molecule has 3 atom stereocenters. The number of carbonyl (C=O) groups is 1. The molecule has 1 saturated carbocycles. The Morgan fingerprint density at radius 2 is 2.06 bits per heavy atom. The number of amides is 1. The third-order valence-electron chi connectivity index (χ3n) is 7.90. The van der Waals surface area contributed by atoms with Gasteiger partial charge >= 0.3 is 0 Å². The van der Waals surface area contributed by atoms with Gasteiger partial charge in [0, 0.05) is 66.0 Å². The minimum atomic E-state index is -1.05. The van der Waals surface area contributed by atoms with Crippen LogP contribution in [0, 0.1) is 11.3 Å². The van der Waals surface area contributed by atoms with E-state index < -0.39 is 10.8 Å². The maximum atomic E-state index is 13.1. The van der Waals surface area contributed by atoms with Crippen molar-refractivity contribution in [3.63, 3.8) is 0 Å². The largest absolute Gasteiger partial charge is 0.404 e. The molecule has 1 aromatic rings. The molecule has 0 aromatic carbocycles. The van der Waals surface area contributed by atoms with Gasteiger partial charge in [-0.1, -0.05) is 6.42 Å². The summed E-state index contributed by atoms with van der Waals surface area (Å²) in [5.74, 6) is 2.78. The quantitative estimate of drug-likeness (QED) is 0.457. The number of allylic oxidation sites excluding steroid dienone is 2. The highest BCUT2D eigenvalue weighted by Crippen LogP contribution is 2.55. The average molecular weight is 497 g/mol. The van der Waals surface area contributed by atoms with Gasteiger partial charge < -0.3 is 26.2 Å². The number of rotatable bonds is 4. The number of carbonyl (C=O) groups excluding carboxylic acids is 1. The molecular formula is C24H32N8O2S. The third-order valence-corrected chi connectivity index (χ3v) is 9.67. The summed E-state index contributed by atoms with van der Waals surface area (Å²) in [6.07, 6.45) is 9.18. The number of aromatic nitrogens is 2. The molecule has 4 aliphatic rings. The fraction of sp³-hybridized carbons (Fsp3) is 0.583. The van der Waals surface area contributed by atoms with Gasteiger partial charge in [-0.3, -0.25) is 9.00 Å². The molecular weight excluding hydrogens is 464 g/mol. The fourth-order valence-electron chi connectivity index (χ4n) is 5.91. The van der Waals surface area contributed by atoms with Crippen LogP contribution < -0.4 is 21.3 Å². The van der Waals surface area contributed by atoms with Crippen molar-refractivity contribution in [3.05, 3.63) is 35.6 Å². The molecule has 0 bridgehead atoms. The standard InChI is InChI=1S/C24H32N8O2S/c1-16-13-30(7-8-31(16)23(33)18-4-2-9-35(18)34)21-20-22(29-15-28-21)32(14-24(20)5-3-6-24)19(27)10-17(11-25)12-26/h10-11,15-16,18H,2-9,13-14,25,27H2,1H3/b17-11+,19-10+. The predicted molar refractivity (Wildman–Crippen MR) is 134 cm³/mol. The van der Waals surface area contributed by atoms with Gasteiger partial charge in [0.2, 0.25) is 5.91 Å². The lowest BCUT2D eigenvalue weighted by molar-refractivity contribution is -0.133. The third kappa shape index (κ3) is 3.93. The van der Waals surface area contributed by atoms with E-state index in [4.69, 9.17) is 16.5 Å². The minimum absolute atomic E-state index is 0.00726. The van der Waals surface area contributed by atoms with Gasteiger partial charge in [0.15, 0.2) is 0 Å². The Labute approximate surface area is 208 Å². The topological polar surface area (TPSA) is 145 Å². The van der Waals surface area contributed by atoms with Gasteiger partial charge in [-0.2, -0.15) is 5.26 Å². The van der Waals surface area contributed by atoms with Gasteiger partial charge in [0.05, 0.1) is 5.57 Å². The molecule has 10 nitrogen and oxygen atoms in total. The summed E-state index contributed by atoms with van der Waals surface area (Å²) >= 11 is 0. The monoisotopic (exact) mass is 496 g/mol. The molecule has 11 heteroatoms. The molecule has 3 unspecified atom stereocenters. The highest BCUT2D eigenvalue weighted by molar-refractivity contribution is 7.86. The highest BCUT2D eigenvalue weighted by atomic mass is 32.2. The van der Waals surface area contributed by atoms with Gasteiger partial charge in [0.1, 0.15) is 35.1 Å². The van der Waals surface area contributed by atoms with Crippen molar-refractivity contribution < 1.29 is 9.00 Å². The Bertz CT molecular complexity index is 1150. The van der Waals surface area contributed by atoms with Crippen LogP contribution in [0.1, 0.15) is 44.6 Å². The summed E-state index contributed by atoms with van der Waals surface area (Å²) < 4.78 is 12.3. The lowest BCUT2D eigenvalue weighted by atomic mass is 9.66. The number of fused-ring (bicyclic) bond motifs is 2. The SMILES string of the molecule is CC1CN(c2ncnc3c2C2(CCC2)CN3/C(N)=C/C(C#N)=C\N)CCN1C(=O)C1CCCS1=O. The summed E-state index contributed by atoms with van der Waals surface area (Å²) in [5, 5.41) is 8.91. The van der Waals surface area contributed by atoms with E-state index in [9.17, 15) is 14.3 Å². The van der Waals surface area contributed by atoms with Crippen LogP contribution in [0.15, 0.2) is 30.0 Å². The van der Waals surface area contributed by atoms with Crippen molar-refractivity contribution in [1.82, 2.24) is 14.9 Å². The van der Waals surface area contributed by atoms with E-state index in [0.29, 0.717) is 43.3 Å². The molecule has 1 aromatic heterocycles. The summed E-state index contributed by atoms with van der Waals surface area (Å²) in [5.41, 5.74) is 13.3. The molecule has 2 saturated heterocycles. The summed E-state index contributed by atoms with van der Waals surface area (Å²) in [6.45, 7) is 4.65. The van der Waals surface area contributed by atoms with Gasteiger partial charge in [-0.25, -0.2) is 9.97 Å². The number of piperazine rings is 1. The van der Waals surface area contributed by atoms with Gasteiger partial charge in [0.25, 0.3) is 0 Å². The van der Waals surface area contributed by atoms with Crippen LogP contribution in [0.2, 0.25) is 0 Å². The first-order chi connectivity index (χ1) is 16.9. The van der Waals surface area contributed by atoms with Crippen LogP contribution in [0.3, 0.4) is 0 Å². The molecule has 4 N–H and O–H groups in total. The van der Waals surface area contributed by atoms with Crippen LogP contribution in [0.4, 0.5) is 11.6 Å². The number of hydrogen-bond donors (Lipinski definition) is 2. The van der Waals surface area contributed by atoms with E-state index in [1.165, 1.54) is 6.20 Å². The maximum absolute atomic E-state index is 13.1. The molecule has 186 valence electrons. The molecule has 1 amide bonds. The second-order valence-electron chi connectivity index (χ2n) is 9.96. The predicted octanol–water partition coefficient (Wildman–Crippen LogP) is 0.833. The number of anilines is 2. The Kier molecular flexibility index (Phi) is 6.17. The molecule has 3 fully saturated rings. The highest BCUT2D eigenvalue weighted by Gasteiger charge is 2.51. The number of nitrogens with zero attached hydrogens (tertiary/aromatic N) is 6. The zero-order valence-electron chi connectivity index (χ0n) is 20.0. The Balaban J connectivity index is 1.42. The zero-order chi connectivity index (χ0) is 24.7. The van der Waals surface area contributed by atoms with Crippen LogP contribution in [0.25, 0.3) is 0 Å². The molecule has 1 aliphatic carbocycles. The van der Waals surface area contributed by atoms with Crippen molar-refractivity contribution in [3.8, 4) is 6.07 Å². The number of nitriles is 1. The lowest BCUT2D eigenvalue weighted by Crippen LogP contribution is -2.57.